The van der Waals surface area contributed by atoms with Crippen molar-refractivity contribution < 1.29 is 9.59 Å². The molecule has 11 heavy (non-hydrogen) atoms. The maximum atomic E-state index is 9.79. The Labute approximate surface area is 81.8 Å². The number of unbranched alkanes of at least 4 members (excludes halogenated alkanes) is 1. The van der Waals surface area contributed by atoms with Crippen LogP contribution in [0.2, 0.25) is 4.44 Å². The normalized spacial score (nSPS) is 8.00. The van der Waals surface area contributed by atoms with Gasteiger partial charge in [-0.3, -0.25) is 9.59 Å². The van der Waals surface area contributed by atoms with E-state index in [1.165, 1.54) is 31.1 Å². The van der Waals surface area contributed by atoms with Crippen LogP contribution in [0, 0.1) is 0 Å². The summed E-state index contributed by atoms with van der Waals surface area (Å²) in [5.74, 6) is -0.759. The van der Waals surface area contributed by atoms with E-state index >= 15 is 0 Å². The number of hydrogen-bond acceptors (Lipinski definition) is 2. The molecule has 0 aromatic carbocycles. The Bertz CT molecular complexity index is 107. The summed E-state index contributed by atoms with van der Waals surface area (Å²) in [7, 11) is 0. The summed E-state index contributed by atoms with van der Waals surface area (Å²) in [4.78, 5) is 19.6. The van der Waals surface area contributed by atoms with Gasteiger partial charge in [0.1, 0.15) is 0 Å². The average molecular weight is 262 g/mol. The van der Waals surface area contributed by atoms with Gasteiger partial charge in [-0.05, 0) is 0 Å². The third-order valence-electron chi connectivity index (χ3n) is 1.03. The second kappa shape index (κ2) is 10.1. The summed E-state index contributed by atoms with van der Waals surface area (Å²) in [6.07, 6.45) is 2.80. The third kappa shape index (κ3) is 17.8. The van der Waals surface area contributed by atoms with Crippen molar-refractivity contribution in [1.82, 2.24) is 0 Å². The Morgan fingerprint density at radius 2 is 1.55 bits per heavy atom. The molecule has 0 fully saturated rings. The van der Waals surface area contributed by atoms with E-state index < -0.39 is 0 Å². The summed E-state index contributed by atoms with van der Waals surface area (Å²) in [6.45, 7) is 4.73. The second-order valence-corrected chi connectivity index (χ2v) is 3.64. The van der Waals surface area contributed by atoms with Crippen LogP contribution in [0.25, 0.3) is 0 Å². The van der Waals surface area contributed by atoms with Crippen molar-refractivity contribution in [2.75, 3.05) is 0 Å². The molecule has 0 rings (SSSR count). The second-order valence-electron chi connectivity index (χ2n) is 2.22. The molecule has 0 bridgehead atoms. The molecule has 0 atom stereocenters. The monoisotopic (exact) mass is 263 g/mol. The first kappa shape index (κ1) is 13.7. The van der Waals surface area contributed by atoms with E-state index in [2.05, 4.69) is 6.92 Å². The maximum absolute atomic E-state index is 9.79. The summed E-state index contributed by atoms with van der Waals surface area (Å²) < 4.78 is 1.43. The number of carbonyl (C=O) groups excluding carboxylic acids is 2. The Morgan fingerprint density at radius 3 is 1.55 bits per heavy atom. The van der Waals surface area contributed by atoms with Gasteiger partial charge in [-0.25, -0.2) is 0 Å². The first-order valence-electron chi connectivity index (χ1n) is 3.72. The van der Waals surface area contributed by atoms with Crippen molar-refractivity contribution in [1.29, 1.82) is 0 Å². The standard InChI is InChI=1S/C4H6O2.C4H9.Sn/c1-3(5)4(2)6;1-3-4-2;/h1-2H3;1,3-4H2,2H3;. The molecule has 3 radical (unpaired) electrons. The number of ketones is 2. The van der Waals surface area contributed by atoms with Gasteiger partial charge in [-0.1, -0.05) is 0 Å². The van der Waals surface area contributed by atoms with Crippen molar-refractivity contribution in [2.24, 2.45) is 0 Å². The minimum absolute atomic E-state index is 0.380. The van der Waals surface area contributed by atoms with Crippen LogP contribution in [0.5, 0.6) is 0 Å². The molecule has 0 amide bonds. The molecule has 0 aliphatic heterocycles. The number of rotatable bonds is 3. The van der Waals surface area contributed by atoms with E-state index in [0.29, 0.717) is 0 Å². The molecule has 0 saturated carbocycles. The van der Waals surface area contributed by atoms with E-state index in [0.717, 1.165) is 0 Å². The Hall–Kier alpha value is 0.139. The van der Waals surface area contributed by atoms with Crippen LogP contribution < -0.4 is 0 Å². The zero-order valence-corrected chi connectivity index (χ0v) is 10.3. The molecule has 0 heterocycles. The van der Waals surface area contributed by atoms with Gasteiger partial charge in [0, 0.05) is 13.8 Å². The zero-order valence-electron chi connectivity index (χ0n) is 7.44. The Kier molecular flexibility index (Phi) is 12.6. The molecular weight excluding hydrogens is 247 g/mol. The molecule has 0 aromatic heterocycles. The molecule has 0 aliphatic carbocycles. The number of carbonyl (C=O) groups is 2. The molecule has 3 heteroatoms. The SMILES string of the molecule is CC(=O)C(C)=O.CCC[CH2][Sn]. The molecular formula is C8H15O2Sn. The summed E-state index contributed by atoms with van der Waals surface area (Å²) in [5.41, 5.74) is 0. The predicted octanol–water partition coefficient (Wildman–Crippen LogP) is 1.54. The van der Waals surface area contributed by atoms with E-state index in [-0.39, 0.29) is 11.6 Å². The van der Waals surface area contributed by atoms with Crippen LogP contribution >= 0.6 is 0 Å². The molecule has 0 N–H and O–H groups in total. The van der Waals surface area contributed by atoms with E-state index in [9.17, 15) is 9.59 Å². The van der Waals surface area contributed by atoms with Crippen LogP contribution in [-0.4, -0.2) is 34.1 Å². The molecule has 63 valence electrons. The summed E-state index contributed by atoms with van der Waals surface area (Å²) in [5, 5.41) is 0. The van der Waals surface area contributed by atoms with Gasteiger partial charge >= 0.3 is 46.7 Å². The summed E-state index contributed by atoms with van der Waals surface area (Å²) in [6, 6.07) is 0. The van der Waals surface area contributed by atoms with Gasteiger partial charge in [-0.15, -0.1) is 0 Å². The van der Waals surface area contributed by atoms with Gasteiger partial charge < -0.3 is 0 Å². The Morgan fingerprint density at radius 1 is 1.18 bits per heavy atom. The van der Waals surface area contributed by atoms with Crippen molar-refractivity contribution in [3.63, 3.8) is 0 Å². The first-order chi connectivity index (χ1) is 5.06. The Balaban J connectivity index is 0. The quantitative estimate of drug-likeness (QED) is 0.571. The van der Waals surface area contributed by atoms with Gasteiger partial charge in [0.15, 0.2) is 11.6 Å². The van der Waals surface area contributed by atoms with Crippen molar-refractivity contribution in [2.45, 2.75) is 38.0 Å². The van der Waals surface area contributed by atoms with Crippen LogP contribution in [-0.2, 0) is 9.59 Å². The number of hydrogen-bond donors (Lipinski definition) is 0. The van der Waals surface area contributed by atoms with Crippen molar-refractivity contribution in [3.05, 3.63) is 0 Å². The van der Waals surface area contributed by atoms with Crippen molar-refractivity contribution >= 4 is 34.1 Å². The fourth-order valence-electron chi connectivity index (χ4n) is 0.177. The molecule has 0 saturated heterocycles. The molecule has 0 aliphatic rings. The van der Waals surface area contributed by atoms with Crippen LogP contribution in [0.1, 0.15) is 33.6 Å². The molecule has 0 unspecified atom stereocenters. The van der Waals surface area contributed by atoms with E-state index in [1.807, 2.05) is 0 Å². The topological polar surface area (TPSA) is 34.1 Å². The van der Waals surface area contributed by atoms with Crippen molar-refractivity contribution in [3.8, 4) is 0 Å². The predicted molar refractivity (Wildman–Crippen MR) is 46.8 cm³/mol. The first-order valence-corrected chi connectivity index (χ1v) is 5.74. The van der Waals surface area contributed by atoms with E-state index in [1.54, 1.807) is 22.5 Å². The molecule has 0 spiro atoms. The summed E-state index contributed by atoms with van der Waals surface area (Å²) >= 11 is 1.68. The molecule has 2 nitrogen and oxygen atoms in total. The zero-order chi connectivity index (χ0) is 9.28. The third-order valence-corrected chi connectivity index (χ3v) is 2.04. The van der Waals surface area contributed by atoms with Crippen LogP contribution in [0.4, 0.5) is 0 Å². The van der Waals surface area contributed by atoms with Gasteiger partial charge in [-0.2, -0.15) is 0 Å². The van der Waals surface area contributed by atoms with Gasteiger partial charge in [0.2, 0.25) is 0 Å². The van der Waals surface area contributed by atoms with E-state index in [4.69, 9.17) is 0 Å². The number of Topliss-reactive ketones (excluding diaryl/α,β-unsaturated/α-hetero) is 2. The molecule has 0 aromatic rings. The minimum atomic E-state index is -0.380. The van der Waals surface area contributed by atoms with Gasteiger partial charge in [0.25, 0.3) is 0 Å². The van der Waals surface area contributed by atoms with Crippen LogP contribution in [0.15, 0.2) is 0 Å². The fourth-order valence-corrected chi connectivity index (χ4v) is 1.19. The fraction of sp³-hybridized carbons (Fsp3) is 0.750. The van der Waals surface area contributed by atoms with Gasteiger partial charge in [0.05, 0.1) is 0 Å². The van der Waals surface area contributed by atoms with Crippen LogP contribution in [0.3, 0.4) is 0 Å². The average Bonchev–Trinajstić information content (AvgIpc) is 1.90.